The molecule has 3 heterocycles. The molecule has 5 nitrogen and oxygen atoms in total. The molecule has 1 aromatic rings. The second-order valence-electron chi connectivity index (χ2n) is 6.64. The van der Waals surface area contributed by atoms with Crippen molar-refractivity contribution in [3.05, 3.63) is 11.7 Å². The highest BCUT2D eigenvalue weighted by molar-refractivity contribution is 5.01. The zero-order valence-corrected chi connectivity index (χ0v) is 12.1. The Kier molecular flexibility index (Phi) is 3.48. The second kappa shape index (κ2) is 5.45. The molecule has 1 N–H and O–H groups in total. The average Bonchev–Trinajstić information content (AvgIpc) is 3.00. The molecule has 3 fully saturated rings. The Morgan fingerprint density at radius 2 is 2.00 bits per heavy atom. The molecule has 0 bridgehead atoms. The molecule has 0 amide bonds. The van der Waals surface area contributed by atoms with E-state index in [1.807, 2.05) is 0 Å². The number of hydrogen-bond donors (Lipinski definition) is 1. The van der Waals surface area contributed by atoms with Gasteiger partial charge in [-0.1, -0.05) is 5.16 Å². The van der Waals surface area contributed by atoms with E-state index in [1.165, 1.54) is 58.2 Å². The molecule has 5 heteroatoms. The van der Waals surface area contributed by atoms with Crippen LogP contribution in [0.4, 0.5) is 0 Å². The summed E-state index contributed by atoms with van der Waals surface area (Å²) < 4.78 is 5.33. The standard InChI is InChI=1S/C15H24N4O/c1-2-13(16-7-1)11-5-8-19(9-6-11)10-14-17-15(20-18-14)12-3-4-12/h11-13,16H,1-10H2. The summed E-state index contributed by atoms with van der Waals surface area (Å²) in [6.07, 6.45) is 7.80. The number of hydrogen-bond acceptors (Lipinski definition) is 5. The first-order valence-corrected chi connectivity index (χ1v) is 8.17. The Morgan fingerprint density at radius 1 is 1.15 bits per heavy atom. The van der Waals surface area contributed by atoms with Gasteiger partial charge in [-0.15, -0.1) is 0 Å². The molecule has 0 spiro atoms. The smallest absolute Gasteiger partial charge is 0.229 e. The third-order valence-electron chi connectivity index (χ3n) is 5.08. The van der Waals surface area contributed by atoms with Crippen molar-refractivity contribution in [2.45, 2.75) is 57.0 Å². The summed E-state index contributed by atoms with van der Waals surface area (Å²) in [4.78, 5) is 7.01. The van der Waals surface area contributed by atoms with Crippen molar-refractivity contribution in [3.8, 4) is 0 Å². The molecule has 0 aromatic carbocycles. The summed E-state index contributed by atoms with van der Waals surface area (Å²) in [6, 6.07) is 0.781. The molecule has 110 valence electrons. The lowest BCUT2D eigenvalue weighted by atomic mass is 9.88. The molecule has 2 aliphatic heterocycles. The van der Waals surface area contributed by atoms with Gasteiger partial charge in [0.25, 0.3) is 0 Å². The highest BCUT2D eigenvalue weighted by atomic mass is 16.5. The van der Waals surface area contributed by atoms with Crippen molar-refractivity contribution < 1.29 is 4.52 Å². The fourth-order valence-corrected chi connectivity index (χ4v) is 3.66. The van der Waals surface area contributed by atoms with Gasteiger partial charge < -0.3 is 9.84 Å². The van der Waals surface area contributed by atoms with E-state index in [1.54, 1.807) is 0 Å². The molecule has 2 saturated heterocycles. The normalized spacial score (nSPS) is 29.1. The Morgan fingerprint density at radius 3 is 2.70 bits per heavy atom. The average molecular weight is 276 g/mol. The van der Waals surface area contributed by atoms with Gasteiger partial charge in [0.2, 0.25) is 5.89 Å². The first-order chi connectivity index (χ1) is 9.88. The Balaban J connectivity index is 1.27. The zero-order chi connectivity index (χ0) is 13.4. The van der Waals surface area contributed by atoms with E-state index in [9.17, 15) is 0 Å². The zero-order valence-electron chi connectivity index (χ0n) is 12.1. The summed E-state index contributed by atoms with van der Waals surface area (Å²) >= 11 is 0. The molecule has 1 unspecified atom stereocenters. The van der Waals surface area contributed by atoms with E-state index in [0.717, 1.165) is 30.2 Å². The van der Waals surface area contributed by atoms with E-state index in [-0.39, 0.29) is 0 Å². The number of piperidine rings is 1. The molecule has 1 aromatic heterocycles. The Bertz CT molecular complexity index is 442. The number of likely N-dealkylation sites (tertiary alicyclic amines) is 1. The molecule has 1 saturated carbocycles. The second-order valence-corrected chi connectivity index (χ2v) is 6.64. The van der Waals surface area contributed by atoms with Gasteiger partial charge in [-0.05, 0) is 64.1 Å². The number of nitrogens with zero attached hydrogens (tertiary/aromatic N) is 3. The topological polar surface area (TPSA) is 54.2 Å². The monoisotopic (exact) mass is 276 g/mol. The summed E-state index contributed by atoms with van der Waals surface area (Å²) in [5.74, 6) is 3.19. The van der Waals surface area contributed by atoms with Crippen LogP contribution in [-0.2, 0) is 6.54 Å². The van der Waals surface area contributed by atoms with Crippen LogP contribution in [0.5, 0.6) is 0 Å². The number of aromatic nitrogens is 2. The van der Waals surface area contributed by atoms with Crippen molar-refractivity contribution in [2.75, 3.05) is 19.6 Å². The quantitative estimate of drug-likeness (QED) is 0.910. The van der Waals surface area contributed by atoms with Gasteiger partial charge in [-0.2, -0.15) is 4.98 Å². The van der Waals surface area contributed by atoms with Crippen molar-refractivity contribution in [2.24, 2.45) is 5.92 Å². The minimum atomic E-state index is 0.565. The SMILES string of the molecule is C1CNC(C2CCN(Cc3noc(C4CC4)n3)CC2)C1. The van der Waals surface area contributed by atoms with Crippen molar-refractivity contribution in [3.63, 3.8) is 0 Å². The minimum absolute atomic E-state index is 0.565. The van der Waals surface area contributed by atoms with Crippen LogP contribution in [0.3, 0.4) is 0 Å². The van der Waals surface area contributed by atoms with Crippen molar-refractivity contribution >= 4 is 0 Å². The van der Waals surface area contributed by atoms with Gasteiger partial charge in [0.1, 0.15) is 0 Å². The van der Waals surface area contributed by atoms with E-state index in [0.29, 0.717) is 5.92 Å². The van der Waals surface area contributed by atoms with E-state index >= 15 is 0 Å². The molecule has 1 aliphatic carbocycles. The molecule has 3 aliphatic rings. The molecule has 1 atom stereocenters. The fourth-order valence-electron chi connectivity index (χ4n) is 3.66. The lowest BCUT2D eigenvalue weighted by Crippen LogP contribution is -2.40. The van der Waals surface area contributed by atoms with Gasteiger partial charge in [-0.3, -0.25) is 4.90 Å². The largest absolute Gasteiger partial charge is 0.339 e. The fraction of sp³-hybridized carbons (Fsp3) is 0.867. The molecule has 20 heavy (non-hydrogen) atoms. The lowest BCUT2D eigenvalue weighted by molar-refractivity contribution is 0.153. The molecule has 4 rings (SSSR count). The maximum Gasteiger partial charge on any atom is 0.229 e. The third kappa shape index (κ3) is 2.74. The van der Waals surface area contributed by atoms with Gasteiger partial charge in [0, 0.05) is 12.0 Å². The van der Waals surface area contributed by atoms with E-state index < -0.39 is 0 Å². The van der Waals surface area contributed by atoms with Crippen LogP contribution in [0.2, 0.25) is 0 Å². The summed E-state index contributed by atoms with van der Waals surface area (Å²) in [5.41, 5.74) is 0. The number of nitrogens with one attached hydrogen (secondary N) is 1. The molecule has 0 radical (unpaired) electrons. The van der Waals surface area contributed by atoms with Crippen molar-refractivity contribution in [1.29, 1.82) is 0 Å². The predicted octanol–water partition coefficient (Wildman–Crippen LogP) is 1.91. The van der Waals surface area contributed by atoms with Crippen LogP contribution in [-0.4, -0.2) is 40.7 Å². The van der Waals surface area contributed by atoms with Crippen LogP contribution < -0.4 is 5.32 Å². The molecular formula is C15H24N4O. The van der Waals surface area contributed by atoms with Gasteiger partial charge in [0.05, 0.1) is 6.54 Å². The van der Waals surface area contributed by atoms with Gasteiger partial charge >= 0.3 is 0 Å². The van der Waals surface area contributed by atoms with Crippen LogP contribution in [0.1, 0.15) is 56.2 Å². The molecular weight excluding hydrogens is 252 g/mol. The van der Waals surface area contributed by atoms with Gasteiger partial charge in [-0.25, -0.2) is 0 Å². The third-order valence-corrected chi connectivity index (χ3v) is 5.08. The maximum atomic E-state index is 5.33. The first-order valence-electron chi connectivity index (χ1n) is 8.17. The Hall–Kier alpha value is -0.940. The highest BCUT2D eigenvalue weighted by Crippen LogP contribution is 2.38. The maximum absolute atomic E-state index is 5.33. The summed E-state index contributed by atoms with van der Waals surface area (Å²) in [5, 5.41) is 7.78. The minimum Gasteiger partial charge on any atom is -0.339 e. The summed E-state index contributed by atoms with van der Waals surface area (Å²) in [6.45, 7) is 4.44. The number of rotatable bonds is 4. The van der Waals surface area contributed by atoms with E-state index in [4.69, 9.17) is 4.52 Å². The van der Waals surface area contributed by atoms with Crippen molar-refractivity contribution in [1.82, 2.24) is 20.4 Å². The lowest BCUT2D eigenvalue weighted by Gasteiger charge is -2.34. The van der Waals surface area contributed by atoms with Crippen LogP contribution in [0.25, 0.3) is 0 Å². The van der Waals surface area contributed by atoms with Crippen LogP contribution in [0, 0.1) is 5.92 Å². The van der Waals surface area contributed by atoms with Gasteiger partial charge in [0.15, 0.2) is 5.82 Å². The van der Waals surface area contributed by atoms with Crippen LogP contribution >= 0.6 is 0 Å². The first kappa shape index (κ1) is 12.8. The summed E-state index contributed by atoms with van der Waals surface area (Å²) in [7, 11) is 0. The Labute approximate surface area is 120 Å². The predicted molar refractivity (Wildman–Crippen MR) is 75.3 cm³/mol. The highest BCUT2D eigenvalue weighted by Gasteiger charge is 2.31. The van der Waals surface area contributed by atoms with E-state index in [2.05, 4.69) is 20.4 Å². The van der Waals surface area contributed by atoms with Crippen LogP contribution in [0.15, 0.2) is 4.52 Å².